The van der Waals surface area contributed by atoms with Crippen molar-refractivity contribution in [1.29, 1.82) is 0 Å². The molecule has 9 nitrogen and oxygen atoms in total. The van der Waals surface area contributed by atoms with Crippen LogP contribution in [0.15, 0.2) is 24.5 Å². The number of methoxy groups -OCH3 is 2. The Bertz CT molecular complexity index is 776. The molecule has 2 aromatic rings. The van der Waals surface area contributed by atoms with E-state index >= 15 is 0 Å². The molecule has 0 atom stereocenters. The molecule has 146 valence electrons. The molecule has 0 fully saturated rings. The Hall–Kier alpha value is -2.78. The predicted molar refractivity (Wildman–Crippen MR) is 104 cm³/mol. The fourth-order valence-electron chi connectivity index (χ4n) is 2.60. The highest BCUT2D eigenvalue weighted by atomic mass is 16.6. The quantitative estimate of drug-likeness (QED) is 0.499. The summed E-state index contributed by atoms with van der Waals surface area (Å²) in [7, 11) is 3.16. The van der Waals surface area contributed by atoms with E-state index in [1.54, 1.807) is 19.1 Å². The minimum Gasteiger partial charge on any atom is -0.383 e. The average molecular weight is 375 g/mol. The minimum absolute atomic E-state index is 0.151. The number of nitrogens with zero attached hydrogens (tertiary/aromatic N) is 4. The Labute approximate surface area is 158 Å². The monoisotopic (exact) mass is 375 g/mol. The molecule has 0 aliphatic carbocycles. The number of aromatic nitrogens is 2. The molecule has 2 rings (SSSR count). The van der Waals surface area contributed by atoms with E-state index in [1.807, 2.05) is 32.0 Å². The van der Waals surface area contributed by atoms with Crippen LogP contribution in [0.3, 0.4) is 0 Å². The highest BCUT2D eigenvalue weighted by Gasteiger charge is 2.27. The van der Waals surface area contributed by atoms with Crippen LogP contribution in [0.25, 0.3) is 0 Å². The van der Waals surface area contributed by atoms with E-state index in [0.29, 0.717) is 26.3 Å². The van der Waals surface area contributed by atoms with E-state index in [1.165, 1.54) is 6.33 Å². The highest BCUT2D eigenvalue weighted by molar-refractivity contribution is 5.75. The molecule has 0 saturated heterocycles. The van der Waals surface area contributed by atoms with Crippen LogP contribution in [-0.4, -0.2) is 55.4 Å². The van der Waals surface area contributed by atoms with Gasteiger partial charge < -0.3 is 19.7 Å². The zero-order valence-corrected chi connectivity index (χ0v) is 16.1. The Morgan fingerprint density at radius 1 is 1.15 bits per heavy atom. The van der Waals surface area contributed by atoms with Gasteiger partial charge >= 0.3 is 5.69 Å². The SMILES string of the molecule is COCCN(CCOC)c1ncnc(Nc2cccc(C)c2C)c1[N+](=O)[O-]. The molecule has 1 aromatic carbocycles. The molecular weight excluding hydrogens is 350 g/mol. The van der Waals surface area contributed by atoms with Gasteiger partial charge in [-0.2, -0.15) is 0 Å². The van der Waals surface area contributed by atoms with Crippen LogP contribution < -0.4 is 10.2 Å². The number of rotatable bonds is 10. The molecule has 0 bridgehead atoms. The molecule has 27 heavy (non-hydrogen) atoms. The summed E-state index contributed by atoms with van der Waals surface area (Å²) in [4.78, 5) is 21.4. The second-order valence-electron chi connectivity index (χ2n) is 6.00. The Morgan fingerprint density at radius 2 is 1.81 bits per heavy atom. The van der Waals surface area contributed by atoms with E-state index in [4.69, 9.17) is 9.47 Å². The van der Waals surface area contributed by atoms with E-state index in [2.05, 4.69) is 15.3 Å². The lowest BCUT2D eigenvalue weighted by atomic mass is 10.1. The maximum Gasteiger partial charge on any atom is 0.353 e. The molecule has 0 saturated carbocycles. The number of anilines is 3. The first-order chi connectivity index (χ1) is 13.0. The Kier molecular flexibility index (Phi) is 7.44. The predicted octanol–water partition coefficient (Wildman–Crippen LogP) is 2.84. The summed E-state index contributed by atoms with van der Waals surface area (Å²) < 4.78 is 10.2. The number of hydrogen-bond acceptors (Lipinski definition) is 8. The first-order valence-electron chi connectivity index (χ1n) is 8.55. The van der Waals surface area contributed by atoms with Gasteiger partial charge in [0.1, 0.15) is 6.33 Å². The number of aryl methyl sites for hydroxylation is 1. The standard InChI is InChI=1S/C18H25N5O4/c1-13-6-5-7-15(14(13)2)21-17-16(23(24)25)18(20-12-19-17)22(8-10-26-3)9-11-27-4/h5-7,12H,8-11H2,1-4H3,(H,19,20,21). The van der Waals surface area contributed by atoms with Crippen molar-refractivity contribution in [3.63, 3.8) is 0 Å². The number of hydrogen-bond donors (Lipinski definition) is 1. The number of nitrogens with one attached hydrogen (secondary N) is 1. The molecule has 0 unspecified atom stereocenters. The molecule has 1 aromatic heterocycles. The molecule has 9 heteroatoms. The van der Waals surface area contributed by atoms with Gasteiger partial charge in [-0.1, -0.05) is 12.1 Å². The third-order valence-electron chi connectivity index (χ3n) is 4.27. The van der Waals surface area contributed by atoms with Gasteiger partial charge in [0.05, 0.1) is 18.1 Å². The summed E-state index contributed by atoms with van der Waals surface area (Å²) in [5, 5.41) is 14.9. The van der Waals surface area contributed by atoms with Crippen LogP contribution in [0, 0.1) is 24.0 Å². The molecule has 1 heterocycles. The average Bonchev–Trinajstić information content (AvgIpc) is 2.65. The van der Waals surface area contributed by atoms with Crippen molar-refractivity contribution in [3.8, 4) is 0 Å². The third kappa shape index (κ3) is 5.11. The first kappa shape index (κ1) is 20.5. The summed E-state index contributed by atoms with van der Waals surface area (Å²) in [5.74, 6) is 0.385. The lowest BCUT2D eigenvalue weighted by molar-refractivity contribution is -0.383. The van der Waals surface area contributed by atoms with Gasteiger partial charge in [0.15, 0.2) is 0 Å². The molecule has 1 N–H and O–H groups in total. The normalized spacial score (nSPS) is 10.7. The van der Waals surface area contributed by atoms with Crippen LogP contribution in [0.1, 0.15) is 11.1 Å². The molecule has 0 spiro atoms. The van der Waals surface area contributed by atoms with Gasteiger partial charge in [0.2, 0.25) is 11.6 Å². The van der Waals surface area contributed by atoms with Crippen molar-refractivity contribution in [1.82, 2.24) is 9.97 Å². The zero-order valence-electron chi connectivity index (χ0n) is 16.1. The molecule has 0 amide bonds. The second kappa shape index (κ2) is 9.79. The van der Waals surface area contributed by atoms with Gasteiger partial charge in [-0.15, -0.1) is 0 Å². The lowest BCUT2D eigenvalue weighted by Gasteiger charge is -2.23. The van der Waals surface area contributed by atoms with Gasteiger partial charge in [-0.25, -0.2) is 9.97 Å². The lowest BCUT2D eigenvalue weighted by Crippen LogP contribution is -2.32. The molecule has 0 radical (unpaired) electrons. The maximum atomic E-state index is 11.8. The number of ether oxygens (including phenoxy) is 2. The summed E-state index contributed by atoms with van der Waals surface area (Å²) in [6.45, 7) is 5.64. The van der Waals surface area contributed by atoms with Gasteiger partial charge in [-0.05, 0) is 31.0 Å². The van der Waals surface area contributed by atoms with E-state index in [-0.39, 0.29) is 17.3 Å². The smallest absolute Gasteiger partial charge is 0.353 e. The van der Waals surface area contributed by atoms with Crippen molar-refractivity contribution in [2.45, 2.75) is 13.8 Å². The Morgan fingerprint density at radius 3 is 2.41 bits per heavy atom. The zero-order chi connectivity index (χ0) is 19.8. The van der Waals surface area contributed by atoms with E-state index in [9.17, 15) is 10.1 Å². The van der Waals surface area contributed by atoms with Gasteiger partial charge in [0, 0.05) is 33.0 Å². The topological polar surface area (TPSA) is 103 Å². The molecule has 0 aliphatic rings. The summed E-state index contributed by atoms with van der Waals surface area (Å²) in [6, 6.07) is 5.74. The number of benzene rings is 1. The van der Waals surface area contributed by atoms with Crippen LogP contribution in [-0.2, 0) is 9.47 Å². The maximum absolute atomic E-state index is 11.8. The Balaban J connectivity index is 2.45. The van der Waals surface area contributed by atoms with Crippen molar-refractivity contribution in [2.75, 3.05) is 50.7 Å². The fourth-order valence-corrected chi connectivity index (χ4v) is 2.60. The van der Waals surface area contributed by atoms with Crippen molar-refractivity contribution < 1.29 is 14.4 Å². The highest BCUT2D eigenvalue weighted by Crippen LogP contribution is 2.34. The largest absolute Gasteiger partial charge is 0.383 e. The first-order valence-corrected chi connectivity index (χ1v) is 8.55. The van der Waals surface area contributed by atoms with E-state index < -0.39 is 4.92 Å². The van der Waals surface area contributed by atoms with E-state index in [0.717, 1.165) is 16.8 Å². The van der Waals surface area contributed by atoms with Crippen molar-refractivity contribution in [3.05, 3.63) is 45.8 Å². The van der Waals surface area contributed by atoms with Crippen LogP contribution >= 0.6 is 0 Å². The summed E-state index contributed by atoms with van der Waals surface area (Å²) in [6.07, 6.45) is 1.32. The van der Waals surface area contributed by atoms with Crippen LogP contribution in [0.2, 0.25) is 0 Å². The fraction of sp³-hybridized carbons (Fsp3) is 0.444. The van der Waals surface area contributed by atoms with Gasteiger partial charge in [0.25, 0.3) is 0 Å². The van der Waals surface area contributed by atoms with Crippen LogP contribution in [0.4, 0.5) is 23.0 Å². The van der Waals surface area contributed by atoms with Crippen LogP contribution in [0.5, 0.6) is 0 Å². The molecular formula is C18H25N5O4. The minimum atomic E-state index is -0.463. The van der Waals surface area contributed by atoms with Crippen molar-refractivity contribution >= 4 is 23.0 Å². The van der Waals surface area contributed by atoms with Crippen molar-refractivity contribution in [2.24, 2.45) is 0 Å². The van der Waals surface area contributed by atoms with Gasteiger partial charge in [-0.3, -0.25) is 10.1 Å². The summed E-state index contributed by atoms with van der Waals surface area (Å²) in [5.41, 5.74) is 2.68. The molecule has 0 aliphatic heterocycles. The number of nitro groups is 1. The second-order valence-corrected chi connectivity index (χ2v) is 6.00. The third-order valence-corrected chi connectivity index (χ3v) is 4.27. The summed E-state index contributed by atoms with van der Waals surface area (Å²) >= 11 is 0.